The zero-order chi connectivity index (χ0) is 16.7. The van der Waals surface area contributed by atoms with Crippen LogP contribution in [-0.2, 0) is 12.4 Å². The van der Waals surface area contributed by atoms with Crippen LogP contribution in [0.3, 0.4) is 0 Å². The first-order valence-corrected chi connectivity index (χ1v) is 5.45. The van der Waals surface area contributed by atoms with Gasteiger partial charge in [-0.25, -0.2) is 9.48 Å². The number of aromatic carboxylic acids is 1. The fourth-order valence-corrected chi connectivity index (χ4v) is 1.65. The number of hydrogen-bond acceptors (Lipinski definition) is 3. The first-order valence-electron chi connectivity index (χ1n) is 5.45. The van der Waals surface area contributed by atoms with Crippen molar-refractivity contribution in [2.75, 3.05) is 0 Å². The summed E-state index contributed by atoms with van der Waals surface area (Å²) in [5.41, 5.74) is -4.49. The Bertz CT molecular complexity index is 702. The molecule has 0 atom stereocenters. The molecule has 2 aromatic rings. The fraction of sp³-hybridized carbons (Fsp3) is 0.182. The molecule has 0 radical (unpaired) electrons. The number of halogens is 6. The van der Waals surface area contributed by atoms with Crippen LogP contribution in [0.15, 0.2) is 24.3 Å². The quantitative estimate of drug-likeness (QED) is 0.862. The van der Waals surface area contributed by atoms with Crippen molar-refractivity contribution < 1.29 is 36.2 Å². The number of carbonyl (C=O) groups is 1. The zero-order valence-corrected chi connectivity index (χ0v) is 10.3. The van der Waals surface area contributed by atoms with Gasteiger partial charge in [0.15, 0.2) is 5.69 Å². The van der Waals surface area contributed by atoms with Gasteiger partial charge in [-0.05, 0) is 24.3 Å². The molecule has 1 heterocycles. The van der Waals surface area contributed by atoms with Crippen LogP contribution < -0.4 is 0 Å². The molecule has 5 nitrogen and oxygen atoms in total. The SMILES string of the molecule is O=C(O)c1nnn(-c2ccc(C(F)(F)F)cc2)c1C(F)(F)F. The number of nitrogens with zero attached hydrogens (tertiary/aromatic N) is 3. The van der Waals surface area contributed by atoms with E-state index >= 15 is 0 Å². The Morgan fingerprint density at radius 3 is 1.95 bits per heavy atom. The Balaban J connectivity index is 2.56. The summed E-state index contributed by atoms with van der Waals surface area (Å²) >= 11 is 0. The summed E-state index contributed by atoms with van der Waals surface area (Å²) in [6.45, 7) is 0. The zero-order valence-electron chi connectivity index (χ0n) is 10.3. The lowest BCUT2D eigenvalue weighted by molar-refractivity contribution is -0.143. The molecule has 0 fully saturated rings. The van der Waals surface area contributed by atoms with E-state index in [2.05, 4.69) is 10.3 Å². The van der Waals surface area contributed by atoms with E-state index in [-0.39, 0.29) is 4.68 Å². The van der Waals surface area contributed by atoms with Gasteiger partial charge in [0.25, 0.3) is 0 Å². The van der Waals surface area contributed by atoms with Gasteiger partial charge in [0.1, 0.15) is 0 Å². The predicted molar refractivity (Wildman–Crippen MR) is 58.3 cm³/mol. The number of carboxylic acid groups (broad SMARTS) is 1. The Kier molecular flexibility index (Phi) is 3.59. The first-order chi connectivity index (χ1) is 10.0. The second kappa shape index (κ2) is 5.00. The molecule has 0 amide bonds. The minimum Gasteiger partial charge on any atom is -0.476 e. The highest BCUT2D eigenvalue weighted by Gasteiger charge is 2.42. The molecule has 1 aromatic heterocycles. The molecule has 0 saturated carbocycles. The minimum absolute atomic E-state index is 0.129. The van der Waals surface area contributed by atoms with E-state index in [1.807, 2.05) is 0 Å². The third-order valence-electron chi connectivity index (χ3n) is 2.58. The lowest BCUT2D eigenvalue weighted by Crippen LogP contribution is -2.17. The van der Waals surface area contributed by atoms with Crippen molar-refractivity contribution in [1.82, 2.24) is 15.0 Å². The van der Waals surface area contributed by atoms with E-state index in [1.165, 1.54) is 0 Å². The molecule has 0 aliphatic carbocycles. The molecule has 2 rings (SSSR count). The molecule has 0 aliphatic heterocycles. The number of hydrogen-bond donors (Lipinski definition) is 1. The maximum absolute atomic E-state index is 12.9. The Labute approximate surface area is 117 Å². The summed E-state index contributed by atoms with van der Waals surface area (Å²) in [6, 6.07) is 2.58. The Morgan fingerprint density at radius 2 is 1.55 bits per heavy atom. The molecule has 0 saturated heterocycles. The third-order valence-corrected chi connectivity index (χ3v) is 2.58. The molecule has 0 spiro atoms. The summed E-state index contributed by atoms with van der Waals surface area (Å²) in [5, 5.41) is 14.6. The smallest absolute Gasteiger partial charge is 0.436 e. The second-order valence-corrected chi connectivity index (χ2v) is 4.05. The average molecular weight is 325 g/mol. The van der Waals surface area contributed by atoms with E-state index in [0.29, 0.717) is 12.1 Å². The van der Waals surface area contributed by atoms with E-state index in [4.69, 9.17) is 5.11 Å². The average Bonchev–Trinajstić information content (AvgIpc) is 2.82. The number of alkyl halides is 6. The van der Waals surface area contributed by atoms with Crippen molar-refractivity contribution in [3.05, 3.63) is 41.2 Å². The van der Waals surface area contributed by atoms with Crippen LogP contribution in [0.4, 0.5) is 26.3 Å². The standard InChI is InChI=1S/C11H5F6N3O2/c12-10(13,14)5-1-3-6(4-2-5)20-8(11(15,16)17)7(9(21)22)18-19-20/h1-4H,(H,21,22). The van der Waals surface area contributed by atoms with Crippen LogP contribution in [-0.4, -0.2) is 26.1 Å². The number of aromatic nitrogens is 3. The predicted octanol–water partition coefficient (Wildman–Crippen LogP) is 3.00. The summed E-state index contributed by atoms with van der Waals surface area (Å²) in [5.74, 6) is -1.95. The van der Waals surface area contributed by atoms with Gasteiger partial charge in [-0.15, -0.1) is 5.10 Å². The maximum Gasteiger partial charge on any atom is 0.436 e. The molecule has 0 unspecified atom stereocenters. The molecule has 0 bridgehead atoms. The molecule has 11 heteroatoms. The van der Waals surface area contributed by atoms with Gasteiger partial charge < -0.3 is 5.11 Å². The lowest BCUT2D eigenvalue weighted by atomic mass is 10.2. The highest BCUT2D eigenvalue weighted by Crippen LogP contribution is 2.34. The summed E-state index contributed by atoms with van der Waals surface area (Å²) in [6.07, 6.45) is -9.75. The first kappa shape index (κ1) is 15.8. The van der Waals surface area contributed by atoms with Crippen molar-refractivity contribution in [2.45, 2.75) is 12.4 Å². The molecule has 118 valence electrons. The lowest BCUT2D eigenvalue weighted by Gasteiger charge is -2.11. The highest BCUT2D eigenvalue weighted by atomic mass is 19.4. The van der Waals surface area contributed by atoms with E-state index in [1.54, 1.807) is 0 Å². The molecule has 1 aromatic carbocycles. The number of benzene rings is 1. The third kappa shape index (κ3) is 2.87. The van der Waals surface area contributed by atoms with Crippen LogP contribution in [0.5, 0.6) is 0 Å². The van der Waals surface area contributed by atoms with Crippen molar-refractivity contribution in [3.63, 3.8) is 0 Å². The molecule has 1 N–H and O–H groups in total. The summed E-state index contributed by atoms with van der Waals surface area (Å²) in [4.78, 5) is 10.7. The normalized spacial score (nSPS) is 12.5. The number of carboxylic acids is 1. The van der Waals surface area contributed by atoms with Gasteiger partial charge in [0.05, 0.1) is 11.3 Å². The topological polar surface area (TPSA) is 68.0 Å². The van der Waals surface area contributed by atoms with Crippen molar-refractivity contribution >= 4 is 5.97 Å². The Morgan fingerprint density at radius 1 is 1.00 bits per heavy atom. The molecule has 0 aliphatic rings. The summed E-state index contributed by atoms with van der Waals surface area (Å²) in [7, 11) is 0. The highest BCUT2D eigenvalue weighted by molar-refractivity contribution is 5.86. The monoisotopic (exact) mass is 325 g/mol. The van der Waals surface area contributed by atoms with Crippen molar-refractivity contribution in [2.24, 2.45) is 0 Å². The van der Waals surface area contributed by atoms with Gasteiger partial charge in [0.2, 0.25) is 5.69 Å². The van der Waals surface area contributed by atoms with Crippen LogP contribution in [0.25, 0.3) is 5.69 Å². The molecular formula is C11H5F6N3O2. The van der Waals surface area contributed by atoms with Crippen LogP contribution >= 0.6 is 0 Å². The van der Waals surface area contributed by atoms with Gasteiger partial charge in [0, 0.05) is 0 Å². The van der Waals surface area contributed by atoms with Gasteiger partial charge in [-0.2, -0.15) is 26.3 Å². The maximum atomic E-state index is 12.9. The second-order valence-electron chi connectivity index (χ2n) is 4.05. The van der Waals surface area contributed by atoms with Crippen molar-refractivity contribution in [1.29, 1.82) is 0 Å². The van der Waals surface area contributed by atoms with E-state index in [0.717, 1.165) is 12.1 Å². The largest absolute Gasteiger partial charge is 0.476 e. The van der Waals surface area contributed by atoms with E-state index in [9.17, 15) is 31.1 Å². The number of rotatable bonds is 2. The fourth-order valence-electron chi connectivity index (χ4n) is 1.65. The summed E-state index contributed by atoms with van der Waals surface area (Å²) < 4.78 is 76.1. The minimum atomic E-state index is -5.10. The molecular weight excluding hydrogens is 320 g/mol. The van der Waals surface area contributed by atoms with Gasteiger partial charge in [-0.3, -0.25) is 0 Å². The van der Waals surface area contributed by atoms with Crippen LogP contribution in [0, 0.1) is 0 Å². The van der Waals surface area contributed by atoms with Gasteiger partial charge in [-0.1, -0.05) is 5.21 Å². The van der Waals surface area contributed by atoms with Crippen molar-refractivity contribution in [3.8, 4) is 5.69 Å². The van der Waals surface area contributed by atoms with Gasteiger partial charge >= 0.3 is 18.3 Å². The van der Waals surface area contributed by atoms with Crippen LogP contribution in [0.1, 0.15) is 21.7 Å². The molecule has 22 heavy (non-hydrogen) atoms. The van der Waals surface area contributed by atoms with E-state index < -0.39 is 41.0 Å². The van der Waals surface area contributed by atoms with Crippen LogP contribution in [0.2, 0.25) is 0 Å². The Hall–Kier alpha value is -2.59.